The summed E-state index contributed by atoms with van der Waals surface area (Å²) in [4.78, 5) is 4.35. The molecule has 0 aliphatic carbocycles. The van der Waals surface area contributed by atoms with Gasteiger partial charge < -0.3 is 15.8 Å². The van der Waals surface area contributed by atoms with Crippen LogP contribution in [0.5, 0.6) is 0 Å². The molecule has 0 heterocycles. The van der Waals surface area contributed by atoms with Gasteiger partial charge >= 0.3 is 0 Å². The minimum absolute atomic E-state index is 0.183. The second-order valence-corrected chi connectivity index (χ2v) is 6.13. The molecule has 0 amide bonds. The van der Waals surface area contributed by atoms with Crippen molar-refractivity contribution in [3.8, 4) is 0 Å². The second kappa shape index (κ2) is 8.67. The van der Waals surface area contributed by atoms with E-state index < -0.39 is 0 Å². The minimum Gasteiger partial charge on any atom is -0.382 e. The Labute approximate surface area is 128 Å². The topological polar surface area (TPSA) is 59.6 Å². The lowest BCUT2D eigenvalue weighted by molar-refractivity contribution is 0.145. The average molecular weight is 291 g/mol. The highest BCUT2D eigenvalue weighted by atomic mass is 16.5. The fourth-order valence-electron chi connectivity index (χ4n) is 1.88. The Bertz CT molecular complexity index is 432. The molecule has 0 radical (unpaired) electrons. The van der Waals surface area contributed by atoms with E-state index in [1.54, 1.807) is 0 Å². The van der Waals surface area contributed by atoms with Gasteiger partial charge in [-0.2, -0.15) is 0 Å². The predicted molar refractivity (Wildman–Crippen MR) is 89.6 cm³/mol. The quantitative estimate of drug-likeness (QED) is 0.461. The molecule has 0 spiro atoms. The number of hydrogen-bond acceptors (Lipinski definition) is 2. The van der Waals surface area contributed by atoms with Crippen molar-refractivity contribution in [2.45, 2.75) is 46.1 Å². The van der Waals surface area contributed by atoms with E-state index in [0.717, 1.165) is 26.2 Å². The van der Waals surface area contributed by atoms with Crippen molar-refractivity contribution in [3.63, 3.8) is 0 Å². The number of nitrogens with zero attached hydrogens (tertiary/aromatic N) is 1. The van der Waals surface area contributed by atoms with Crippen LogP contribution in [0.25, 0.3) is 0 Å². The zero-order valence-corrected chi connectivity index (χ0v) is 13.8. The zero-order chi connectivity index (χ0) is 15.7. The van der Waals surface area contributed by atoms with Gasteiger partial charge in [0, 0.05) is 19.8 Å². The summed E-state index contributed by atoms with van der Waals surface area (Å²) in [6.07, 6.45) is 0.935. The van der Waals surface area contributed by atoms with Crippen molar-refractivity contribution in [3.05, 3.63) is 35.4 Å². The van der Waals surface area contributed by atoms with Crippen LogP contribution in [0, 0.1) is 0 Å². The molecular weight excluding hydrogens is 262 g/mol. The molecule has 1 aromatic rings. The molecule has 0 aliphatic heterocycles. The first kappa shape index (κ1) is 17.5. The van der Waals surface area contributed by atoms with Crippen molar-refractivity contribution in [1.29, 1.82) is 0 Å². The molecule has 1 aromatic carbocycles. The number of guanidine groups is 1. The molecule has 0 atom stereocenters. The van der Waals surface area contributed by atoms with E-state index in [9.17, 15) is 0 Å². The van der Waals surface area contributed by atoms with Gasteiger partial charge in [0.2, 0.25) is 0 Å². The molecule has 21 heavy (non-hydrogen) atoms. The standard InChI is InChI=1S/C17H29N3O/c1-5-21-12-6-11-19-16(18)20-13-14-7-9-15(10-8-14)17(2,3)4/h7-10H,5-6,11-13H2,1-4H3,(H3,18,19,20). The number of nitrogens with two attached hydrogens (primary N) is 1. The summed E-state index contributed by atoms with van der Waals surface area (Å²) >= 11 is 0. The average Bonchev–Trinajstić information content (AvgIpc) is 2.44. The normalized spacial score (nSPS) is 12.5. The summed E-state index contributed by atoms with van der Waals surface area (Å²) in [5.41, 5.74) is 8.52. The third-order valence-electron chi connectivity index (χ3n) is 3.23. The van der Waals surface area contributed by atoms with Gasteiger partial charge in [-0.3, -0.25) is 0 Å². The molecule has 3 N–H and O–H groups in total. The van der Waals surface area contributed by atoms with Crippen LogP contribution in [0.2, 0.25) is 0 Å². The summed E-state index contributed by atoms with van der Waals surface area (Å²) in [5, 5.41) is 3.10. The van der Waals surface area contributed by atoms with Gasteiger partial charge in [-0.05, 0) is 29.9 Å². The maximum absolute atomic E-state index is 5.83. The molecule has 4 heteroatoms. The first-order valence-electron chi connectivity index (χ1n) is 7.64. The first-order chi connectivity index (χ1) is 9.93. The number of hydrogen-bond donors (Lipinski definition) is 2. The Morgan fingerprint density at radius 1 is 1.24 bits per heavy atom. The van der Waals surface area contributed by atoms with E-state index in [0.29, 0.717) is 12.5 Å². The summed E-state index contributed by atoms with van der Waals surface area (Å²) in [6.45, 7) is 11.5. The van der Waals surface area contributed by atoms with E-state index in [2.05, 4.69) is 55.3 Å². The maximum Gasteiger partial charge on any atom is 0.188 e. The zero-order valence-electron chi connectivity index (χ0n) is 13.8. The lowest BCUT2D eigenvalue weighted by Crippen LogP contribution is -2.32. The van der Waals surface area contributed by atoms with Crippen LogP contribution in [0.4, 0.5) is 0 Å². The lowest BCUT2D eigenvalue weighted by Gasteiger charge is -2.18. The molecule has 0 saturated heterocycles. The Morgan fingerprint density at radius 3 is 2.48 bits per heavy atom. The van der Waals surface area contributed by atoms with Crippen molar-refractivity contribution < 1.29 is 4.74 Å². The summed E-state index contributed by atoms with van der Waals surface area (Å²) < 4.78 is 5.26. The van der Waals surface area contributed by atoms with Gasteiger partial charge in [0.15, 0.2) is 5.96 Å². The van der Waals surface area contributed by atoms with Gasteiger partial charge in [-0.1, -0.05) is 45.0 Å². The van der Waals surface area contributed by atoms with Crippen molar-refractivity contribution in [1.82, 2.24) is 5.32 Å². The summed E-state index contributed by atoms with van der Waals surface area (Å²) in [5.74, 6) is 0.492. The van der Waals surface area contributed by atoms with Gasteiger partial charge in [-0.15, -0.1) is 0 Å². The molecular formula is C17H29N3O. The molecule has 4 nitrogen and oxygen atoms in total. The lowest BCUT2D eigenvalue weighted by atomic mass is 9.87. The number of ether oxygens (including phenoxy) is 1. The van der Waals surface area contributed by atoms with Crippen LogP contribution in [-0.2, 0) is 16.7 Å². The van der Waals surface area contributed by atoms with E-state index in [1.165, 1.54) is 11.1 Å². The Balaban J connectivity index is 2.37. The third kappa shape index (κ3) is 7.14. The van der Waals surface area contributed by atoms with Crippen LogP contribution in [0.15, 0.2) is 29.3 Å². The predicted octanol–water partition coefficient (Wildman–Crippen LogP) is 2.82. The first-order valence-corrected chi connectivity index (χ1v) is 7.64. The Morgan fingerprint density at radius 2 is 1.90 bits per heavy atom. The van der Waals surface area contributed by atoms with Crippen LogP contribution < -0.4 is 11.1 Å². The van der Waals surface area contributed by atoms with E-state index in [4.69, 9.17) is 10.5 Å². The highest BCUT2D eigenvalue weighted by Crippen LogP contribution is 2.22. The summed E-state index contributed by atoms with van der Waals surface area (Å²) in [6, 6.07) is 8.56. The molecule has 0 saturated carbocycles. The Hall–Kier alpha value is -1.55. The number of benzene rings is 1. The monoisotopic (exact) mass is 291 g/mol. The van der Waals surface area contributed by atoms with E-state index in [1.807, 2.05) is 6.92 Å². The molecule has 0 bridgehead atoms. The van der Waals surface area contributed by atoms with Crippen LogP contribution in [0.1, 0.15) is 45.2 Å². The van der Waals surface area contributed by atoms with Gasteiger partial charge in [-0.25, -0.2) is 4.99 Å². The highest BCUT2D eigenvalue weighted by molar-refractivity contribution is 5.77. The molecule has 1 rings (SSSR count). The molecule has 0 aromatic heterocycles. The van der Waals surface area contributed by atoms with Crippen LogP contribution in [0.3, 0.4) is 0 Å². The molecule has 0 fully saturated rings. The van der Waals surface area contributed by atoms with Crippen molar-refractivity contribution >= 4 is 5.96 Å². The number of aliphatic imine (C=N–C) groups is 1. The fourth-order valence-corrected chi connectivity index (χ4v) is 1.88. The van der Waals surface area contributed by atoms with E-state index in [-0.39, 0.29) is 5.41 Å². The molecule has 0 unspecified atom stereocenters. The van der Waals surface area contributed by atoms with Crippen molar-refractivity contribution in [2.75, 3.05) is 19.8 Å². The van der Waals surface area contributed by atoms with Crippen LogP contribution >= 0.6 is 0 Å². The smallest absolute Gasteiger partial charge is 0.188 e. The summed E-state index contributed by atoms with van der Waals surface area (Å²) in [7, 11) is 0. The number of nitrogens with one attached hydrogen (secondary N) is 1. The minimum atomic E-state index is 0.183. The van der Waals surface area contributed by atoms with Gasteiger partial charge in [0.25, 0.3) is 0 Å². The molecule has 0 aliphatic rings. The van der Waals surface area contributed by atoms with E-state index >= 15 is 0 Å². The van der Waals surface area contributed by atoms with Gasteiger partial charge in [0.05, 0.1) is 6.54 Å². The Kier molecular flexibility index (Phi) is 7.23. The SMILES string of the molecule is CCOCCCNC(N)=NCc1ccc(C(C)(C)C)cc1. The van der Waals surface area contributed by atoms with Crippen LogP contribution in [-0.4, -0.2) is 25.7 Å². The second-order valence-electron chi connectivity index (χ2n) is 6.13. The fraction of sp³-hybridized carbons (Fsp3) is 0.588. The highest BCUT2D eigenvalue weighted by Gasteiger charge is 2.12. The van der Waals surface area contributed by atoms with Gasteiger partial charge in [0.1, 0.15) is 0 Å². The number of rotatable bonds is 7. The largest absolute Gasteiger partial charge is 0.382 e. The maximum atomic E-state index is 5.83. The van der Waals surface area contributed by atoms with Crippen molar-refractivity contribution in [2.24, 2.45) is 10.7 Å². The third-order valence-corrected chi connectivity index (χ3v) is 3.23. The molecule has 118 valence electrons.